The minimum Gasteiger partial charge on any atom is -0.496 e. The fraction of sp³-hybridized carbons (Fsp3) is 0.400. The van der Waals surface area contributed by atoms with Gasteiger partial charge < -0.3 is 28.8 Å². The van der Waals surface area contributed by atoms with Crippen molar-refractivity contribution >= 4 is 0 Å². The average Bonchev–Trinajstić information content (AvgIpc) is 2.70. The third kappa shape index (κ3) is 4.14. The van der Waals surface area contributed by atoms with Gasteiger partial charge in [0.2, 0.25) is 0 Å². The van der Waals surface area contributed by atoms with E-state index in [1.807, 2.05) is 18.2 Å². The van der Waals surface area contributed by atoms with Crippen molar-refractivity contribution in [3.8, 4) is 28.7 Å². The highest BCUT2D eigenvalue weighted by Gasteiger charge is 2.20. The summed E-state index contributed by atoms with van der Waals surface area (Å²) in [4.78, 5) is 0. The number of aliphatic hydroxyl groups excluding tert-OH is 1. The van der Waals surface area contributed by atoms with E-state index in [0.717, 1.165) is 11.1 Å². The Hall–Kier alpha value is -2.60. The van der Waals surface area contributed by atoms with Crippen molar-refractivity contribution < 1.29 is 28.8 Å². The van der Waals surface area contributed by atoms with Gasteiger partial charge in [-0.05, 0) is 24.1 Å². The molecule has 0 amide bonds. The van der Waals surface area contributed by atoms with Gasteiger partial charge in [0.15, 0.2) is 11.5 Å². The van der Waals surface area contributed by atoms with Gasteiger partial charge in [-0.25, -0.2) is 0 Å². The van der Waals surface area contributed by atoms with Crippen molar-refractivity contribution in [1.29, 1.82) is 0 Å². The molecule has 2 aromatic rings. The standard InChI is InChI=1S/C20H26O6/c1-22-15-10-18(24-3)16(19(11-15)25-4)8-14(12-21)13-6-7-17(23-2)20(9-13)26-5/h6-7,9-11,14,21H,8,12H2,1-5H3/t14-/m0/s1. The summed E-state index contributed by atoms with van der Waals surface area (Å²) in [7, 11) is 7.97. The first-order chi connectivity index (χ1) is 12.6. The summed E-state index contributed by atoms with van der Waals surface area (Å²) in [6, 6.07) is 9.24. The van der Waals surface area contributed by atoms with E-state index in [2.05, 4.69) is 0 Å². The average molecular weight is 362 g/mol. The number of aliphatic hydroxyl groups is 1. The third-order valence-electron chi connectivity index (χ3n) is 4.37. The number of ether oxygens (including phenoxy) is 5. The van der Waals surface area contributed by atoms with E-state index < -0.39 is 0 Å². The molecule has 2 rings (SSSR count). The molecule has 6 nitrogen and oxygen atoms in total. The van der Waals surface area contributed by atoms with Crippen molar-refractivity contribution in [2.45, 2.75) is 12.3 Å². The molecule has 0 aliphatic heterocycles. The molecular formula is C20H26O6. The number of methoxy groups -OCH3 is 5. The van der Waals surface area contributed by atoms with Crippen LogP contribution in [0.2, 0.25) is 0 Å². The summed E-state index contributed by atoms with van der Waals surface area (Å²) in [5.41, 5.74) is 1.80. The van der Waals surface area contributed by atoms with E-state index in [1.54, 1.807) is 47.7 Å². The van der Waals surface area contributed by atoms with Crippen LogP contribution in [0.5, 0.6) is 28.7 Å². The summed E-state index contributed by atoms with van der Waals surface area (Å²) < 4.78 is 26.9. The van der Waals surface area contributed by atoms with Crippen LogP contribution in [0.25, 0.3) is 0 Å². The predicted molar refractivity (Wildman–Crippen MR) is 99.2 cm³/mol. The highest BCUT2D eigenvalue weighted by Crippen LogP contribution is 2.38. The molecule has 0 fully saturated rings. The molecule has 0 aliphatic carbocycles. The second-order valence-electron chi connectivity index (χ2n) is 5.71. The van der Waals surface area contributed by atoms with Crippen molar-refractivity contribution in [1.82, 2.24) is 0 Å². The molecular weight excluding hydrogens is 336 g/mol. The maximum absolute atomic E-state index is 9.98. The first kappa shape index (κ1) is 19.7. The molecule has 26 heavy (non-hydrogen) atoms. The summed E-state index contributed by atoms with van der Waals surface area (Å²) in [5, 5.41) is 9.98. The van der Waals surface area contributed by atoms with Crippen molar-refractivity contribution in [3.05, 3.63) is 41.5 Å². The first-order valence-corrected chi connectivity index (χ1v) is 8.23. The van der Waals surface area contributed by atoms with Gasteiger partial charge in [0.1, 0.15) is 17.2 Å². The molecule has 0 spiro atoms. The maximum Gasteiger partial charge on any atom is 0.160 e. The first-order valence-electron chi connectivity index (χ1n) is 8.23. The zero-order valence-electron chi connectivity index (χ0n) is 15.9. The van der Waals surface area contributed by atoms with Crippen LogP contribution in [0.4, 0.5) is 0 Å². The Morgan fingerprint density at radius 2 is 1.31 bits per heavy atom. The minimum absolute atomic E-state index is 0.0339. The van der Waals surface area contributed by atoms with Gasteiger partial charge in [-0.2, -0.15) is 0 Å². The van der Waals surface area contributed by atoms with Crippen molar-refractivity contribution in [2.75, 3.05) is 42.2 Å². The van der Waals surface area contributed by atoms with Gasteiger partial charge >= 0.3 is 0 Å². The molecule has 0 aromatic heterocycles. The molecule has 1 atom stereocenters. The topological polar surface area (TPSA) is 66.4 Å². The van der Waals surface area contributed by atoms with E-state index in [9.17, 15) is 5.11 Å². The summed E-state index contributed by atoms with van der Waals surface area (Å²) in [5.74, 6) is 3.06. The summed E-state index contributed by atoms with van der Waals surface area (Å²) >= 11 is 0. The van der Waals surface area contributed by atoms with Crippen molar-refractivity contribution in [2.24, 2.45) is 0 Å². The van der Waals surface area contributed by atoms with Crippen LogP contribution in [0, 0.1) is 0 Å². The molecule has 2 aromatic carbocycles. The second kappa shape index (κ2) is 9.20. The van der Waals surface area contributed by atoms with E-state index in [0.29, 0.717) is 35.2 Å². The zero-order chi connectivity index (χ0) is 19.1. The predicted octanol–water partition coefficient (Wildman–Crippen LogP) is 3.05. The van der Waals surface area contributed by atoms with Gasteiger partial charge in [-0.1, -0.05) is 6.07 Å². The number of hydrogen-bond acceptors (Lipinski definition) is 6. The van der Waals surface area contributed by atoms with Crippen LogP contribution in [-0.4, -0.2) is 47.3 Å². The molecule has 0 unspecified atom stereocenters. The largest absolute Gasteiger partial charge is 0.496 e. The molecule has 0 bridgehead atoms. The van der Waals surface area contributed by atoms with Gasteiger partial charge in [-0.3, -0.25) is 0 Å². The quantitative estimate of drug-likeness (QED) is 0.740. The molecule has 142 valence electrons. The van der Waals surface area contributed by atoms with Crippen LogP contribution in [0.15, 0.2) is 30.3 Å². The van der Waals surface area contributed by atoms with Crippen LogP contribution in [-0.2, 0) is 6.42 Å². The Labute approximate surface area is 154 Å². The Balaban J connectivity index is 2.41. The Morgan fingerprint density at radius 1 is 0.731 bits per heavy atom. The number of benzene rings is 2. The third-order valence-corrected chi connectivity index (χ3v) is 4.37. The Bertz CT molecular complexity index is 703. The fourth-order valence-corrected chi connectivity index (χ4v) is 2.92. The molecule has 0 saturated carbocycles. The van der Waals surface area contributed by atoms with Gasteiger partial charge in [0.25, 0.3) is 0 Å². The van der Waals surface area contributed by atoms with Crippen LogP contribution in [0.3, 0.4) is 0 Å². The number of rotatable bonds is 9. The fourth-order valence-electron chi connectivity index (χ4n) is 2.92. The van der Waals surface area contributed by atoms with Gasteiger partial charge in [-0.15, -0.1) is 0 Å². The van der Waals surface area contributed by atoms with Crippen LogP contribution >= 0.6 is 0 Å². The van der Waals surface area contributed by atoms with Crippen LogP contribution < -0.4 is 23.7 Å². The highest BCUT2D eigenvalue weighted by molar-refractivity contribution is 5.52. The number of hydrogen-bond donors (Lipinski definition) is 1. The van der Waals surface area contributed by atoms with Crippen LogP contribution in [0.1, 0.15) is 17.0 Å². The lowest BCUT2D eigenvalue weighted by Gasteiger charge is -2.20. The Kier molecular flexibility index (Phi) is 6.97. The minimum atomic E-state index is -0.161. The monoisotopic (exact) mass is 362 g/mol. The normalized spacial score (nSPS) is 11.6. The lowest BCUT2D eigenvalue weighted by Crippen LogP contribution is -2.10. The van der Waals surface area contributed by atoms with E-state index in [1.165, 1.54) is 0 Å². The lowest BCUT2D eigenvalue weighted by atomic mass is 9.91. The van der Waals surface area contributed by atoms with Gasteiger partial charge in [0, 0.05) is 23.6 Å². The Morgan fingerprint density at radius 3 is 1.77 bits per heavy atom. The molecule has 1 N–H and O–H groups in total. The molecule has 0 heterocycles. The smallest absolute Gasteiger partial charge is 0.160 e. The molecule has 0 saturated heterocycles. The van der Waals surface area contributed by atoms with Crippen molar-refractivity contribution in [3.63, 3.8) is 0 Å². The highest BCUT2D eigenvalue weighted by atomic mass is 16.5. The van der Waals surface area contributed by atoms with E-state index in [-0.39, 0.29) is 12.5 Å². The lowest BCUT2D eigenvalue weighted by molar-refractivity contribution is 0.261. The zero-order valence-corrected chi connectivity index (χ0v) is 15.9. The second-order valence-corrected chi connectivity index (χ2v) is 5.71. The summed E-state index contributed by atoms with van der Waals surface area (Å²) in [6.07, 6.45) is 0.530. The summed E-state index contributed by atoms with van der Waals surface area (Å²) in [6.45, 7) is -0.0339. The van der Waals surface area contributed by atoms with Gasteiger partial charge in [0.05, 0.1) is 42.2 Å². The van der Waals surface area contributed by atoms with E-state index in [4.69, 9.17) is 23.7 Å². The molecule has 0 radical (unpaired) electrons. The van der Waals surface area contributed by atoms with E-state index >= 15 is 0 Å². The molecule has 0 aliphatic rings. The molecule has 6 heteroatoms. The SMILES string of the molecule is COc1cc(OC)c(C[C@@H](CO)c2ccc(OC)c(OC)c2)c(OC)c1. The maximum atomic E-state index is 9.98.